The number of Topliss-reactive ketones (excluding diaryl/α,β-unsaturated/α-hetero) is 1. The fourth-order valence-corrected chi connectivity index (χ4v) is 5.24. The van der Waals surface area contributed by atoms with E-state index in [-0.39, 0.29) is 24.0 Å². The minimum Gasteiger partial charge on any atom is -0.469 e. The summed E-state index contributed by atoms with van der Waals surface area (Å²) in [6.45, 7) is 8.33. The predicted octanol–water partition coefficient (Wildman–Crippen LogP) is 8.92. The number of methoxy groups -OCH3 is 3. The van der Waals surface area contributed by atoms with Crippen molar-refractivity contribution in [1.82, 2.24) is 19.7 Å². The fraction of sp³-hybridized carbons (Fsp3) is 0.609. The number of halogens is 3. The molecule has 0 spiro atoms. The minimum absolute atomic E-state index is 0.181. The Balaban J connectivity index is 0.000000346. The van der Waals surface area contributed by atoms with Crippen LogP contribution in [0.3, 0.4) is 0 Å². The Kier molecular flexibility index (Phi) is 9.66. The fourth-order valence-electron chi connectivity index (χ4n) is 4.75. The minimum atomic E-state index is -6.37. The molecule has 64 heavy (non-hydrogen) atoms. The molecular formula is C46H61F3N6O8S. The number of aromatic nitrogens is 4. The zero-order chi connectivity index (χ0) is 75.1. The van der Waals surface area contributed by atoms with Crippen LogP contribution in [0.1, 0.15) is 157 Å². The number of carbonyl (C=O) groups excluding carboxylic acids is 2. The second-order valence-electron chi connectivity index (χ2n) is 12.0. The molecule has 0 bridgehead atoms. The number of hydrogen-bond donors (Lipinski definition) is 1. The van der Waals surface area contributed by atoms with Crippen LogP contribution in [0.4, 0.5) is 19.0 Å². The van der Waals surface area contributed by atoms with Gasteiger partial charge < -0.3 is 24.1 Å². The Labute approximate surface area is 419 Å². The normalized spacial score (nSPS) is 39.6. The maximum atomic E-state index is 12.5. The summed E-state index contributed by atoms with van der Waals surface area (Å²) in [5.74, 6) is -11.4. The summed E-state index contributed by atoms with van der Waals surface area (Å²) in [5, 5.41) is 4.20. The third kappa shape index (κ3) is 16.1. The number of terminal acetylenes is 2. The number of rotatable bonds is 13. The Morgan fingerprint density at radius 1 is 1.00 bits per heavy atom. The molecule has 2 atom stereocenters. The third-order valence-electron chi connectivity index (χ3n) is 7.77. The highest BCUT2D eigenvalue weighted by Crippen LogP contribution is 2.38. The maximum Gasteiger partial charge on any atom is 0.534 e. The summed E-state index contributed by atoms with van der Waals surface area (Å²) in [6, 6.07) is 0. The number of allylic oxidation sites excluding steroid dienone is 3. The van der Waals surface area contributed by atoms with Gasteiger partial charge in [-0.3, -0.25) is 14.3 Å². The van der Waals surface area contributed by atoms with Crippen molar-refractivity contribution in [2.45, 2.75) is 127 Å². The van der Waals surface area contributed by atoms with Crippen molar-refractivity contribution in [1.29, 1.82) is 0 Å². The second-order valence-corrected chi connectivity index (χ2v) is 13.5. The van der Waals surface area contributed by atoms with E-state index in [2.05, 4.69) is 28.8 Å². The standard InChI is InChI=1S/C20H26N6O2.C10H11F3O3S.C9H12O.C7H12O2/c1-13-5-6-14(7-13)17(10-22-2)26-11-15(9-25-26)19-16(8-18(27-3)28-4)20(21)24-12-23-19;1-2-5-9(8-6-3-4-7-8)16-17(14,15)10(11,12)13;1-2-5-9(10)8-6-3-4-7-8;1-9-7(8)6-4-2-3-5-6/h9-14,18H,5-8H2,1,3-4H3,(H2,21,23,24);1,5,8H,3-4,6-7H2;1,8H,3-7H2;6H,2-5H2,1H3/b17-10-;9-5-;;/i5D2,6D2,7D2,13D;2*3D2,4D2,6D2,7D2;2D2,3D2,4D2,5D2. The SMILES string of the molecule is [2H]C1([2H])C(/C(=C/C#C)OS(=O)(=O)C(F)(F)F)C([2H])([2H])C([2H])([2H])C1([2H])[2H].[2H]C1([2H])C(/C(=C/[N+]#[C-])n2cc(-c3ncnc(N)c3CC(OC)OC)cn2)C([2H])([2H])C([2H])(C)C1([2H])[2H].[2H]C1([2H])C(C(=O)CC#C)C([2H])([2H])C([2H])([2H])C1([2H])[2H].[2H]C1([2H])C(C(=O)OC)C([2H])([2H])C([2H])([2H])C1([2H])[2H]. The zero-order valence-corrected chi connectivity index (χ0v) is 34.8. The van der Waals surface area contributed by atoms with Crippen LogP contribution in [-0.4, -0.2) is 73.0 Å². The molecule has 4 aliphatic carbocycles. The number of anilines is 1. The van der Waals surface area contributed by atoms with E-state index in [9.17, 15) is 31.2 Å². The summed E-state index contributed by atoms with van der Waals surface area (Å²) in [6.07, 6.45) is -33.0. The van der Waals surface area contributed by atoms with Crippen molar-refractivity contribution < 1.29 is 92.1 Å². The van der Waals surface area contributed by atoms with Crippen LogP contribution in [-0.2, 0) is 44.5 Å². The van der Waals surface area contributed by atoms with Crippen LogP contribution in [0.25, 0.3) is 21.8 Å². The van der Waals surface area contributed by atoms with E-state index < -0.39 is 171 Å². The van der Waals surface area contributed by atoms with Gasteiger partial charge in [0.15, 0.2) is 12.5 Å². The molecule has 0 amide bonds. The lowest BCUT2D eigenvalue weighted by Gasteiger charge is -2.16. The molecule has 4 aliphatic rings. The maximum absolute atomic E-state index is 12.5. The van der Waals surface area contributed by atoms with Gasteiger partial charge in [0.1, 0.15) is 23.7 Å². The van der Waals surface area contributed by atoms with Crippen molar-refractivity contribution in [3.8, 4) is 35.9 Å². The highest BCUT2D eigenvalue weighted by Gasteiger charge is 2.49. The van der Waals surface area contributed by atoms with E-state index in [1.54, 1.807) is 5.92 Å². The molecule has 0 radical (unpaired) electrons. The largest absolute Gasteiger partial charge is 0.534 e. The number of nitrogens with two attached hydrogens (primary N) is 1. The molecule has 6 rings (SSSR count). The number of ether oxygens (including phenoxy) is 3. The van der Waals surface area contributed by atoms with Gasteiger partial charge in [-0.2, -0.15) is 26.7 Å². The van der Waals surface area contributed by atoms with E-state index in [1.807, 2.05) is 5.92 Å². The molecule has 2 aromatic heterocycles. The highest BCUT2D eigenvalue weighted by atomic mass is 32.2. The van der Waals surface area contributed by atoms with Crippen molar-refractivity contribution in [2.24, 2.45) is 29.6 Å². The predicted molar refractivity (Wildman–Crippen MR) is 236 cm³/mol. The topological polar surface area (TPSA) is 179 Å². The van der Waals surface area contributed by atoms with Gasteiger partial charge >= 0.3 is 21.6 Å². The first-order valence-electron chi connectivity index (χ1n) is 33.2. The molecule has 18 heteroatoms. The summed E-state index contributed by atoms with van der Waals surface area (Å²) < 4.78 is 319. The molecule has 350 valence electrons. The van der Waals surface area contributed by atoms with Crippen molar-refractivity contribution in [2.75, 3.05) is 27.1 Å². The van der Waals surface area contributed by atoms with Gasteiger partial charge in [-0.05, 0) is 62.8 Å². The van der Waals surface area contributed by atoms with E-state index in [0.29, 0.717) is 16.8 Å². The van der Waals surface area contributed by atoms with E-state index in [4.69, 9.17) is 77.1 Å². The molecule has 4 saturated carbocycles. The lowest BCUT2D eigenvalue weighted by Crippen LogP contribution is -2.26. The zero-order valence-electron chi connectivity index (χ0n) is 65.0. The Hall–Kier alpha value is -5.22. The van der Waals surface area contributed by atoms with Gasteiger partial charge in [0.2, 0.25) is 0 Å². The van der Waals surface area contributed by atoms with Gasteiger partial charge in [-0.25, -0.2) is 14.8 Å². The van der Waals surface area contributed by atoms with Gasteiger partial charge in [0.05, 0.1) is 37.9 Å². The van der Waals surface area contributed by atoms with Crippen molar-refractivity contribution in [3.05, 3.63) is 53.7 Å². The van der Waals surface area contributed by atoms with Crippen molar-refractivity contribution >= 4 is 33.4 Å². The number of esters is 1. The average molecular weight is 946 g/mol. The molecule has 0 saturated heterocycles. The lowest BCUT2D eigenvalue weighted by atomic mass is 10.0. The number of nitrogen functional groups attached to an aromatic ring is 1. The number of nitrogens with zero attached hydrogens (tertiary/aromatic N) is 5. The quantitative estimate of drug-likeness (QED) is 0.0384. The molecule has 14 nitrogen and oxygen atoms in total. The number of ketones is 1. The van der Waals surface area contributed by atoms with Crippen LogP contribution >= 0.6 is 0 Å². The molecule has 0 aliphatic heterocycles. The smallest absolute Gasteiger partial charge is 0.469 e. The van der Waals surface area contributed by atoms with E-state index >= 15 is 0 Å². The molecule has 2 unspecified atom stereocenters. The Morgan fingerprint density at radius 2 is 1.59 bits per heavy atom. The molecule has 2 N–H and O–H groups in total. The van der Waals surface area contributed by atoms with Crippen molar-refractivity contribution in [3.63, 3.8) is 0 Å². The third-order valence-corrected chi connectivity index (χ3v) is 8.75. The first-order chi connectivity index (χ1) is 42.2. The van der Waals surface area contributed by atoms with Crippen LogP contribution in [0.5, 0.6) is 0 Å². The average Bonchev–Trinajstić information content (AvgIpc) is 1.55. The molecule has 4 fully saturated rings. The summed E-state index contributed by atoms with van der Waals surface area (Å²) in [5.41, 5.74) is 1.17. The highest BCUT2D eigenvalue weighted by molar-refractivity contribution is 7.87. The summed E-state index contributed by atoms with van der Waals surface area (Å²) >= 11 is 0. The van der Waals surface area contributed by atoms with Gasteiger partial charge in [0.25, 0.3) is 0 Å². The van der Waals surface area contributed by atoms with E-state index in [0.717, 1.165) is 24.9 Å². The van der Waals surface area contributed by atoms with E-state index in [1.165, 1.54) is 32.9 Å². The van der Waals surface area contributed by atoms with Crippen LogP contribution in [0.15, 0.2) is 36.8 Å². The lowest BCUT2D eigenvalue weighted by molar-refractivity contribution is -0.145. The molecular weight excluding hydrogens is 854 g/mol. The van der Waals surface area contributed by atoms with Gasteiger partial charge in [0, 0.05) is 104 Å². The Bertz CT molecular complexity index is 3450. The molecule has 2 aromatic rings. The first kappa shape index (κ1) is 23.3. The summed E-state index contributed by atoms with van der Waals surface area (Å²) in [7, 11) is -2.52. The monoisotopic (exact) mass is 946 g/mol. The van der Waals surface area contributed by atoms with Crippen LogP contribution in [0.2, 0.25) is 0 Å². The molecule has 2 heterocycles. The number of hydrogen-bond acceptors (Lipinski definition) is 12. The van der Waals surface area contributed by atoms with Gasteiger partial charge in [-0.15, -0.1) is 12.8 Å². The summed E-state index contributed by atoms with van der Waals surface area (Å²) in [4.78, 5) is 34.6. The van der Waals surface area contributed by atoms with Gasteiger partial charge in [-0.1, -0.05) is 63.4 Å². The second kappa shape index (κ2) is 26.5. The number of carbonyl (C=O) groups is 2. The molecule has 0 aromatic carbocycles. The van der Waals surface area contributed by atoms with Crippen LogP contribution < -0.4 is 5.73 Å². The van der Waals surface area contributed by atoms with Crippen LogP contribution in [0, 0.1) is 60.8 Å². The Morgan fingerprint density at radius 3 is 2.09 bits per heavy atom. The number of alkyl halides is 3. The first-order valence-corrected chi connectivity index (χ1v) is 19.1.